The lowest BCUT2D eigenvalue weighted by Crippen LogP contribution is -2.17. The van der Waals surface area contributed by atoms with E-state index in [2.05, 4.69) is 15.3 Å². The van der Waals surface area contributed by atoms with E-state index in [-0.39, 0.29) is 11.1 Å². The number of hydrogen-bond donors (Lipinski definition) is 1. The van der Waals surface area contributed by atoms with Crippen molar-refractivity contribution >= 4 is 28.9 Å². The maximum atomic E-state index is 12.1. The Labute approximate surface area is 116 Å². The number of carbonyl (C=O) groups excluding carboxylic acids is 1. The summed E-state index contributed by atoms with van der Waals surface area (Å²) >= 11 is 5.89. The van der Waals surface area contributed by atoms with Crippen molar-refractivity contribution in [2.24, 2.45) is 0 Å². The normalized spacial score (nSPS) is 10.1. The van der Waals surface area contributed by atoms with E-state index in [4.69, 9.17) is 11.6 Å². The van der Waals surface area contributed by atoms with Crippen LogP contribution in [0, 0.1) is 0 Å². The molecule has 19 heavy (non-hydrogen) atoms. The van der Waals surface area contributed by atoms with E-state index >= 15 is 0 Å². The topological polar surface area (TPSA) is 58.1 Å². The predicted molar refractivity (Wildman–Crippen MR) is 75.8 cm³/mol. The Morgan fingerprint density at radius 1 is 1.32 bits per heavy atom. The van der Waals surface area contributed by atoms with Gasteiger partial charge in [0.05, 0.1) is 23.1 Å². The lowest BCUT2D eigenvalue weighted by Gasteiger charge is -2.17. The van der Waals surface area contributed by atoms with Gasteiger partial charge in [0.1, 0.15) is 5.15 Å². The maximum Gasteiger partial charge on any atom is 0.258 e. The second-order valence-corrected chi connectivity index (χ2v) is 4.44. The third-order valence-corrected chi connectivity index (χ3v) is 2.83. The number of amides is 1. The van der Waals surface area contributed by atoms with Crippen LogP contribution in [0.2, 0.25) is 5.15 Å². The highest BCUT2D eigenvalue weighted by Crippen LogP contribution is 2.23. The van der Waals surface area contributed by atoms with Crippen LogP contribution in [0.3, 0.4) is 0 Å². The number of nitrogens with zero attached hydrogens (tertiary/aromatic N) is 3. The summed E-state index contributed by atoms with van der Waals surface area (Å²) in [5, 5.41) is 2.96. The molecular weight excluding hydrogens is 264 g/mol. The number of rotatable bonds is 3. The monoisotopic (exact) mass is 276 g/mol. The Morgan fingerprint density at radius 3 is 2.79 bits per heavy atom. The van der Waals surface area contributed by atoms with Gasteiger partial charge >= 0.3 is 0 Å². The van der Waals surface area contributed by atoms with Gasteiger partial charge in [-0.2, -0.15) is 0 Å². The van der Waals surface area contributed by atoms with E-state index in [1.54, 1.807) is 24.5 Å². The maximum absolute atomic E-state index is 12.1. The van der Waals surface area contributed by atoms with Gasteiger partial charge in [-0.3, -0.25) is 9.78 Å². The van der Waals surface area contributed by atoms with Crippen LogP contribution in [0.25, 0.3) is 0 Å². The molecule has 98 valence electrons. The minimum Gasteiger partial charge on any atom is -0.376 e. The van der Waals surface area contributed by atoms with Crippen molar-refractivity contribution in [3.05, 3.63) is 47.5 Å². The first kappa shape index (κ1) is 13.3. The highest BCUT2D eigenvalue weighted by molar-refractivity contribution is 6.33. The van der Waals surface area contributed by atoms with E-state index in [1.807, 2.05) is 25.1 Å². The molecule has 0 aromatic carbocycles. The summed E-state index contributed by atoms with van der Waals surface area (Å²) in [4.78, 5) is 21.9. The molecule has 2 aromatic heterocycles. The summed E-state index contributed by atoms with van der Waals surface area (Å²) in [7, 11) is 3.78. The number of anilines is 2. The van der Waals surface area contributed by atoms with E-state index in [9.17, 15) is 4.79 Å². The zero-order chi connectivity index (χ0) is 13.8. The number of carbonyl (C=O) groups is 1. The highest BCUT2D eigenvalue weighted by Gasteiger charge is 2.13. The average molecular weight is 277 g/mol. The van der Waals surface area contributed by atoms with Crippen LogP contribution in [0.15, 0.2) is 36.8 Å². The van der Waals surface area contributed by atoms with E-state index in [1.165, 1.54) is 6.20 Å². The molecular formula is C13H13ClN4O. The van der Waals surface area contributed by atoms with Crippen LogP contribution in [0.5, 0.6) is 0 Å². The van der Waals surface area contributed by atoms with E-state index < -0.39 is 0 Å². The first-order valence-corrected chi connectivity index (χ1v) is 6.00. The standard InChI is InChI=1S/C13H13ClN4O/c1-18(2)11-5-7-15-8-10(11)17-13(19)9-4-3-6-16-12(9)14/h3-8H,1-2H3,(H,17,19). The summed E-state index contributed by atoms with van der Waals surface area (Å²) in [6.07, 6.45) is 4.80. The Morgan fingerprint density at radius 2 is 2.11 bits per heavy atom. The Bertz CT molecular complexity index is 601. The lowest BCUT2D eigenvalue weighted by molar-refractivity contribution is 0.102. The molecule has 2 aromatic rings. The molecule has 2 rings (SSSR count). The number of aromatic nitrogens is 2. The average Bonchev–Trinajstić information content (AvgIpc) is 2.39. The molecule has 0 aliphatic heterocycles. The van der Waals surface area contributed by atoms with Crippen LogP contribution in [-0.2, 0) is 0 Å². The van der Waals surface area contributed by atoms with Crippen molar-refractivity contribution in [1.82, 2.24) is 9.97 Å². The molecule has 0 radical (unpaired) electrons. The Hall–Kier alpha value is -2.14. The van der Waals surface area contributed by atoms with Gasteiger partial charge in [-0.1, -0.05) is 11.6 Å². The molecule has 2 heterocycles. The smallest absolute Gasteiger partial charge is 0.258 e. The predicted octanol–water partition coefficient (Wildman–Crippen LogP) is 2.45. The van der Waals surface area contributed by atoms with Crippen molar-refractivity contribution < 1.29 is 4.79 Å². The SMILES string of the molecule is CN(C)c1ccncc1NC(=O)c1cccnc1Cl. The molecule has 0 saturated carbocycles. The van der Waals surface area contributed by atoms with Gasteiger partial charge in [0.2, 0.25) is 0 Å². The van der Waals surface area contributed by atoms with Gasteiger partial charge in [-0.05, 0) is 18.2 Å². The molecule has 0 unspecified atom stereocenters. The zero-order valence-electron chi connectivity index (χ0n) is 10.6. The summed E-state index contributed by atoms with van der Waals surface area (Å²) in [5.74, 6) is -0.311. The third kappa shape index (κ3) is 3.00. The van der Waals surface area contributed by atoms with E-state index in [0.717, 1.165) is 5.69 Å². The van der Waals surface area contributed by atoms with Gasteiger partial charge in [0.15, 0.2) is 0 Å². The lowest BCUT2D eigenvalue weighted by atomic mass is 10.2. The zero-order valence-corrected chi connectivity index (χ0v) is 11.3. The second kappa shape index (κ2) is 5.67. The molecule has 5 nitrogen and oxygen atoms in total. The van der Waals surface area contributed by atoms with Crippen molar-refractivity contribution in [3.8, 4) is 0 Å². The molecule has 0 fully saturated rings. The fourth-order valence-corrected chi connectivity index (χ4v) is 1.82. The quantitative estimate of drug-likeness (QED) is 0.875. The van der Waals surface area contributed by atoms with Crippen LogP contribution in [0.4, 0.5) is 11.4 Å². The molecule has 1 N–H and O–H groups in total. The van der Waals surface area contributed by atoms with Gasteiger partial charge in [-0.25, -0.2) is 4.98 Å². The minimum atomic E-state index is -0.311. The van der Waals surface area contributed by atoms with Gasteiger partial charge in [0, 0.05) is 26.5 Å². The van der Waals surface area contributed by atoms with Crippen LogP contribution < -0.4 is 10.2 Å². The molecule has 0 spiro atoms. The van der Waals surface area contributed by atoms with Crippen molar-refractivity contribution in [2.45, 2.75) is 0 Å². The molecule has 6 heteroatoms. The Kier molecular flexibility index (Phi) is 3.97. The third-order valence-electron chi connectivity index (χ3n) is 2.53. The molecule has 0 atom stereocenters. The Balaban J connectivity index is 2.27. The number of pyridine rings is 2. The van der Waals surface area contributed by atoms with Gasteiger partial charge < -0.3 is 10.2 Å². The fourth-order valence-electron chi connectivity index (χ4n) is 1.62. The highest BCUT2D eigenvalue weighted by atomic mass is 35.5. The van der Waals surface area contributed by atoms with Crippen LogP contribution in [-0.4, -0.2) is 30.0 Å². The fraction of sp³-hybridized carbons (Fsp3) is 0.154. The molecule has 0 saturated heterocycles. The summed E-state index contributed by atoms with van der Waals surface area (Å²) in [6, 6.07) is 5.10. The number of nitrogens with one attached hydrogen (secondary N) is 1. The molecule has 0 aliphatic rings. The summed E-state index contributed by atoms with van der Waals surface area (Å²) in [6.45, 7) is 0. The van der Waals surface area contributed by atoms with Crippen molar-refractivity contribution in [3.63, 3.8) is 0 Å². The number of hydrogen-bond acceptors (Lipinski definition) is 4. The van der Waals surface area contributed by atoms with Crippen LogP contribution in [0.1, 0.15) is 10.4 Å². The van der Waals surface area contributed by atoms with Gasteiger partial charge in [0.25, 0.3) is 5.91 Å². The van der Waals surface area contributed by atoms with Crippen molar-refractivity contribution in [1.29, 1.82) is 0 Å². The first-order chi connectivity index (χ1) is 9.09. The second-order valence-electron chi connectivity index (χ2n) is 4.08. The largest absolute Gasteiger partial charge is 0.376 e. The summed E-state index contributed by atoms with van der Waals surface area (Å²) in [5.41, 5.74) is 1.82. The summed E-state index contributed by atoms with van der Waals surface area (Å²) < 4.78 is 0. The molecule has 1 amide bonds. The number of halogens is 1. The first-order valence-electron chi connectivity index (χ1n) is 5.63. The van der Waals surface area contributed by atoms with E-state index in [0.29, 0.717) is 11.3 Å². The van der Waals surface area contributed by atoms with Gasteiger partial charge in [-0.15, -0.1) is 0 Å². The van der Waals surface area contributed by atoms with Crippen molar-refractivity contribution in [2.75, 3.05) is 24.3 Å². The van der Waals surface area contributed by atoms with Crippen LogP contribution >= 0.6 is 11.6 Å². The molecule has 0 bridgehead atoms. The molecule has 0 aliphatic carbocycles. The minimum absolute atomic E-state index is 0.176.